The number of hydrogen-bond acceptors (Lipinski definition) is 2. The van der Waals surface area contributed by atoms with Crippen LogP contribution in [0, 0.1) is 11.6 Å². The summed E-state index contributed by atoms with van der Waals surface area (Å²) in [6, 6.07) is 1.79. The van der Waals surface area contributed by atoms with E-state index < -0.39 is 11.6 Å². The summed E-state index contributed by atoms with van der Waals surface area (Å²) in [7, 11) is 1.71. The number of nitrogens with one attached hydrogen (secondary N) is 1. The molecule has 0 saturated carbocycles. The molecule has 2 rings (SSSR count). The number of likely N-dealkylation sites (N-methyl/N-ethyl adjacent to an activating group) is 1. The van der Waals surface area contributed by atoms with Crippen LogP contribution in [0.3, 0.4) is 0 Å². The minimum Gasteiger partial charge on any atom is -0.335 e. The van der Waals surface area contributed by atoms with Crippen LogP contribution in [0.25, 0.3) is 0 Å². The van der Waals surface area contributed by atoms with Crippen LogP contribution in [0.5, 0.6) is 0 Å². The number of halogens is 3. The SMILES string of the molecule is CCCn1ccnc1CC(NC)c1cc(F)c(Cl)cc1F. The lowest BCUT2D eigenvalue weighted by atomic mass is 10.0. The zero-order valence-electron chi connectivity index (χ0n) is 12.0. The van der Waals surface area contributed by atoms with Crippen molar-refractivity contribution < 1.29 is 8.78 Å². The molecule has 0 bridgehead atoms. The quantitative estimate of drug-likeness (QED) is 0.824. The predicted molar refractivity (Wildman–Crippen MR) is 79.4 cm³/mol. The first-order valence-corrected chi connectivity index (χ1v) is 7.26. The average molecular weight is 314 g/mol. The maximum Gasteiger partial charge on any atom is 0.142 e. The molecule has 21 heavy (non-hydrogen) atoms. The molecule has 0 aliphatic heterocycles. The van der Waals surface area contributed by atoms with E-state index in [0.717, 1.165) is 30.9 Å². The minimum absolute atomic E-state index is 0.210. The molecule has 0 radical (unpaired) electrons. The smallest absolute Gasteiger partial charge is 0.142 e. The van der Waals surface area contributed by atoms with E-state index in [-0.39, 0.29) is 16.6 Å². The zero-order chi connectivity index (χ0) is 15.4. The zero-order valence-corrected chi connectivity index (χ0v) is 12.8. The number of benzene rings is 1. The van der Waals surface area contributed by atoms with Gasteiger partial charge in [-0.05, 0) is 25.6 Å². The summed E-state index contributed by atoms with van der Waals surface area (Å²) in [6.45, 7) is 2.93. The molecule has 1 heterocycles. The van der Waals surface area contributed by atoms with Crippen molar-refractivity contribution >= 4 is 11.6 Å². The topological polar surface area (TPSA) is 29.9 Å². The maximum atomic E-state index is 14.0. The van der Waals surface area contributed by atoms with Gasteiger partial charge in [-0.1, -0.05) is 18.5 Å². The fraction of sp³-hybridized carbons (Fsp3) is 0.400. The Bertz CT molecular complexity index is 613. The van der Waals surface area contributed by atoms with Crippen molar-refractivity contribution in [2.45, 2.75) is 32.4 Å². The second-order valence-corrected chi connectivity index (χ2v) is 5.28. The molecule has 0 amide bonds. The highest BCUT2D eigenvalue weighted by molar-refractivity contribution is 6.30. The highest BCUT2D eigenvalue weighted by Gasteiger charge is 2.19. The molecule has 0 aliphatic rings. The summed E-state index contributed by atoms with van der Waals surface area (Å²) >= 11 is 5.59. The number of nitrogens with zero attached hydrogens (tertiary/aromatic N) is 2. The van der Waals surface area contributed by atoms with Gasteiger partial charge in [0, 0.05) is 37.0 Å². The van der Waals surface area contributed by atoms with Gasteiger partial charge in [0.25, 0.3) is 0 Å². The third-order valence-electron chi connectivity index (χ3n) is 3.42. The summed E-state index contributed by atoms with van der Waals surface area (Å²) in [6.07, 6.45) is 5.07. The fourth-order valence-corrected chi connectivity index (χ4v) is 2.48. The Morgan fingerprint density at radius 1 is 1.33 bits per heavy atom. The van der Waals surface area contributed by atoms with E-state index in [1.54, 1.807) is 13.2 Å². The number of hydrogen-bond donors (Lipinski definition) is 1. The highest BCUT2D eigenvalue weighted by Crippen LogP contribution is 2.25. The lowest BCUT2D eigenvalue weighted by Crippen LogP contribution is -2.22. The molecular weight excluding hydrogens is 296 g/mol. The van der Waals surface area contributed by atoms with Gasteiger partial charge in [0.05, 0.1) is 5.02 Å². The van der Waals surface area contributed by atoms with Crippen LogP contribution in [0.2, 0.25) is 5.02 Å². The Kier molecular flexibility index (Phi) is 5.31. The van der Waals surface area contributed by atoms with E-state index in [2.05, 4.69) is 17.2 Å². The Labute approximate surface area is 128 Å². The molecule has 1 N–H and O–H groups in total. The van der Waals surface area contributed by atoms with Crippen LogP contribution in [0.15, 0.2) is 24.5 Å². The van der Waals surface area contributed by atoms with Crippen LogP contribution < -0.4 is 5.32 Å². The Morgan fingerprint density at radius 3 is 2.76 bits per heavy atom. The molecule has 2 aromatic rings. The van der Waals surface area contributed by atoms with E-state index in [4.69, 9.17) is 11.6 Å². The largest absolute Gasteiger partial charge is 0.335 e. The molecule has 3 nitrogen and oxygen atoms in total. The highest BCUT2D eigenvalue weighted by atomic mass is 35.5. The van der Waals surface area contributed by atoms with Crippen molar-refractivity contribution in [3.05, 3.63) is 52.6 Å². The van der Waals surface area contributed by atoms with Gasteiger partial charge in [-0.2, -0.15) is 0 Å². The number of imidazole rings is 1. The molecule has 6 heteroatoms. The summed E-state index contributed by atoms with van der Waals surface area (Å²) in [5, 5.41) is 2.80. The normalized spacial score (nSPS) is 12.6. The summed E-state index contributed by atoms with van der Waals surface area (Å²) in [5.74, 6) is -0.300. The Balaban J connectivity index is 2.28. The average Bonchev–Trinajstić information content (AvgIpc) is 2.88. The number of aryl methyl sites for hydroxylation is 1. The second kappa shape index (κ2) is 7.00. The first-order chi connectivity index (χ1) is 10.1. The van der Waals surface area contributed by atoms with E-state index in [1.807, 2.05) is 10.8 Å². The molecule has 1 atom stereocenters. The molecule has 0 saturated heterocycles. The van der Waals surface area contributed by atoms with E-state index in [1.165, 1.54) is 0 Å². The Morgan fingerprint density at radius 2 is 2.10 bits per heavy atom. The first kappa shape index (κ1) is 15.9. The van der Waals surface area contributed by atoms with Gasteiger partial charge in [0.2, 0.25) is 0 Å². The lowest BCUT2D eigenvalue weighted by molar-refractivity contribution is 0.503. The first-order valence-electron chi connectivity index (χ1n) is 6.88. The minimum atomic E-state index is -0.620. The third-order valence-corrected chi connectivity index (χ3v) is 3.71. The van der Waals surface area contributed by atoms with Crippen LogP contribution in [-0.4, -0.2) is 16.6 Å². The van der Waals surface area contributed by atoms with Crippen molar-refractivity contribution in [1.29, 1.82) is 0 Å². The van der Waals surface area contributed by atoms with Gasteiger partial charge < -0.3 is 9.88 Å². The molecule has 0 fully saturated rings. The van der Waals surface area contributed by atoms with Gasteiger partial charge in [0.15, 0.2) is 0 Å². The second-order valence-electron chi connectivity index (χ2n) is 4.87. The Hall–Kier alpha value is -1.46. The van der Waals surface area contributed by atoms with Crippen LogP contribution >= 0.6 is 11.6 Å². The standard InChI is InChI=1S/C15H18ClF2N3/c1-3-5-21-6-4-20-15(21)9-14(19-2)10-7-13(18)11(16)8-12(10)17/h4,6-8,14,19H,3,5,9H2,1-2H3. The van der Waals surface area contributed by atoms with Crippen molar-refractivity contribution in [3.8, 4) is 0 Å². The maximum absolute atomic E-state index is 14.0. The van der Waals surface area contributed by atoms with E-state index in [9.17, 15) is 8.78 Å². The van der Waals surface area contributed by atoms with Crippen LogP contribution in [0.1, 0.15) is 30.8 Å². The van der Waals surface area contributed by atoms with Crippen molar-refractivity contribution in [3.63, 3.8) is 0 Å². The molecular formula is C15H18ClF2N3. The third kappa shape index (κ3) is 3.60. The van der Waals surface area contributed by atoms with Crippen molar-refractivity contribution in [2.75, 3.05) is 7.05 Å². The summed E-state index contributed by atoms with van der Waals surface area (Å²) in [4.78, 5) is 4.30. The van der Waals surface area contributed by atoms with Crippen molar-refractivity contribution in [2.24, 2.45) is 0 Å². The van der Waals surface area contributed by atoms with Gasteiger partial charge in [-0.15, -0.1) is 0 Å². The molecule has 1 aromatic heterocycles. The van der Waals surface area contributed by atoms with Crippen LogP contribution in [0.4, 0.5) is 8.78 Å². The molecule has 114 valence electrons. The van der Waals surface area contributed by atoms with E-state index >= 15 is 0 Å². The van der Waals surface area contributed by atoms with Gasteiger partial charge >= 0.3 is 0 Å². The summed E-state index contributed by atoms with van der Waals surface area (Å²) < 4.78 is 29.6. The number of rotatable bonds is 6. The monoisotopic (exact) mass is 313 g/mol. The molecule has 0 aliphatic carbocycles. The number of aromatic nitrogens is 2. The lowest BCUT2D eigenvalue weighted by Gasteiger charge is -2.18. The van der Waals surface area contributed by atoms with E-state index in [0.29, 0.717) is 6.42 Å². The van der Waals surface area contributed by atoms with Crippen molar-refractivity contribution in [1.82, 2.24) is 14.9 Å². The molecule has 1 unspecified atom stereocenters. The molecule has 0 spiro atoms. The predicted octanol–water partition coefficient (Wildman–Crippen LogP) is 3.73. The van der Waals surface area contributed by atoms with Crippen LogP contribution in [-0.2, 0) is 13.0 Å². The fourth-order valence-electron chi connectivity index (χ4n) is 2.33. The van der Waals surface area contributed by atoms with Gasteiger partial charge in [-0.3, -0.25) is 0 Å². The summed E-state index contributed by atoms with van der Waals surface area (Å²) in [5.41, 5.74) is 0.255. The van der Waals surface area contributed by atoms with Gasteiger partial charge in [-0.25, -0.2) is 13.8 Å². The van der Waals surface area contributed by atoms with Gasteiger partial charge in [0.1, 0.15) is 17.5 Å². The molecule has 1 aromatic carbocycles.